The third-order valence-electron chi connectivity index (χ3n) is 3.78. The van der Waals surface area contributed by atoms with Crippen molar-refractivity contribution < 1.29 is 9.26 Å². The van der Waals surface area contributed by atoms with E-state index in [1.807, 2.05) is 13.8 Å². The van der Waals surface area contributed by atoms with Gasteiger partial charge in [0.2, 0.25) is 5.89 Å². The zero-order chi connectivity index (χ0) is 14.6. The lowest BCUT2D eigenvalue weighted by molar-refractivity contribution is 0.0683. The Morgan fingerprint density at radius 3 is 2.90 bits per heavy atom. The monoisotopic (exact) mass is 318 g/mol. The minimum atomic E-state index is -0.112. The van der Waals surface area contributed by atoms with Crippen LogP contribution < -0.4 is 5.32 Å². The van der Waals surface area contributed by atoms with Crippen molar-refractivity contribution in [1.82, 2.24) is 20.4 Å². The molecule has 2 rings (SSSR count). The third-order valence-corrected chi connectivity index (χ3v) is 3.78. The van der Waals surface area contributed by atoms with E-state index in [4.69, 9.17) is 9.26 Å². The fourth-order valence-electron chi connectivity index (χ4n) is 2.76. The average Bonchev–Trinajstić information content (AvgIpc) is 2.99. The van der Waals surface area contributed by atoms with E-state index in [0.29, 0.717) is 30.3 Å². The average molecular weight is 319 g/mol. The number of nitrogens with zero attached hydrogens (tertiary/aromatic N) is 3. The van der Waals surface area contributed by atoms with Crippen molar-refractivity contribution in [2.24, 2.45) is 5.41 Å². The molecule has 1 aromatic heterocycles. The lowest BCUT2D eigenvalue weighted by atomic mass is 9.89. The molecule has 1 fully saturated rings. The number of ether oxygens (including phenoxy) is 1. The second-order valence-electron chi connectivity index (χ2n) is 6.05. The summed E-state index contributed by atoms with van der Waals surface area (Å²) >= 11 is 0. The van der Waals surface area contributed by atoms with Gasteiger partial charge in [-0.05, 0) is 39.3 Å². The number of hydrogen-bond acceptors (Lipinski definition) is 6. The van der Waals surface area contributed by atoms with Gasteiger partial charge in [0, 0.05) is 19.7 Å². The molecule has 1 aromatic rings. The molecule has 2 heterocycles. The van der Waals surface area contributed by atoms with Crippen molar-refractivity contribution in [3.05, 3.63) is 11.7 Å². The largest absolute Gasteiger partial charge is 0.371 e. The van der Waals surface area contributed by atoms with Crippen LogP contribution in [-0.4, -0.2) is 48.3 Å². The van der Waals surface area contributed by atoms with E-state index in [1.165, 1.54) is 6.42 Å². The van der Waals surface area contributed by atoms with Crippen molar-refractivity contribution in [2.75, 3.05) is 33.3 Å². The van der Waals surface area contributed by atoms with Gasteiger partial charge in [0.25, 0.3) is 0 Å². The predicted molar refractivity (Wildman–Crippen MR) is 83.5 cm³/mol. The van der Waals surface area contributed by atoms with Gasteiger partial charge in [-0.25, -0.2) is 0 Å². The number of aromatic nitrogens is 2. The van der Waals surface area contributed by atoms with Crippen LogP contribution >= 0.6 is 12.4 Å². The first-order chi connectivity index (χ1) is 9.52. The van der Waals surface area contributed by atoms with Crippen molar-refractivity contribution in [3.8, 4) is 0 Å². The molecular weight excluding hydrogens is 292 g/mol. The lowest BCUT2D eigenvalue weighted by Gasteiger charge is -2.28. The van der Waals surface area contributed by atoms with Gasteiger partial charge >= 0.3 is 0 Å². The molecule has 1 aliphatic rings. The van der Waals surface area contributed by atoms with E-state index in [1.54, 1.807) is 0 Å². The number of halogens is 1. The second kappa shape index (κ2) is 8.08. The Morgan fingerprint density at radius 2 is 2.29 bits per heavy atom. The smallest absolute Gasteiger partial charge is 0.240 e. The zero-order valence-electron chi connectivity index (χ0n) is 13.4. The Bertz CT molecular complexity index is 421. The van der Waals surface area contributed by atoms with E-state index >= 15 is 0 Å². The fourth-order valence-corrected chi connectivity index (χ4v) is 2.76. The van der Waals surface area contributed by atoms with Crippen molar-refractivity contribution in [2.45, 2.75) is 39.8 Å². The van der Waals surface area contributed by atoms with Crippen LogP contribution in [0.5, 0.6) is 0 Å². The Balaban J connectivity index is 0.00000220. The normalized spacial score (nSPS) is 23.3. The predicted octanol–water partition coefficient (Wildman–Crippen LogP) is 2.02. The van der Waals surface area contributed by atoms with E-state index in [9.17, 15) is 0 Å². The van der Waals surface area contributed by atoms with Gasteiger partial charge in [-0.2, -0.15) is 4.98 Å². The van der Waals surface area contributed by atoms with Gasteiger partial charge in [-0.15, -0.1) is 12.4 Å². The summed E-state index contributed by atoms with van der Waals surface area (Å²) in [5, 5.41) is 7.41. The molecule has 0 amide bonds. The van der Waals surface area contributed by atoms with E-state index < -0.39 is 0 Å². The quantitative estimate of drug-likeness (QED) is 0.830. The van der Waals surface area contributed by atoms with Gasteiger partial charge in [0.05, 0.1) is 6.54 Å². The topological polar surface area (TPSA) is 63.4 Å². The summed E-state index contributed by atoms with van der Waals surface area (Å²) in [6, 6.07) is 0. The molecule has 122 valence electrons. The molecule has 7 heteroatoms. The number of rotatable bonds is 7. The fraction of sp³-hybridized carbons (Fsp3) is 0.857. The van der Waals surface area contributed by atoms with Crippen LogP contribution in [0.2, 0.25) is 0 Å². The summed E-state index contributed by atoms with van der Waals surface area (Å²) in [6.45, 7) is 10.8. The zero-order valence-corrected chi connectivity index (χ0v) is 14.2. The standard InChI is InChI=1S/C14H26N4O2.ClH/c1-5-19-11(2)13-16-12(20-17-13)8-18(4)10-14(3)6-7-15-9-14;/h11,15H,5-10H2,1-4H3;1H. The summed E-state index contributed by atoms with van der Waals surface area (Å²) in [5.74, 6) is 1.28. The second-order valence-corrected chi connectivity index (χ2v) is 6.05. The van der Waals surface area contributed by atoms with Crippen LogP contribution in [-0.2, 0) is 11.3 Å². The highest BCUT2D eigenvalue weighted by Crippen LogP contribution is 2.25. The Labute approximate surface area is 133 Å². The van der Waals surface area contributed by atoms with Gasteiger partial charge in [-0.3, -0.25) is 4.90 Å². The molecule has 0 radical (unpaired) electrons. The van der Waals surface area contributed by atoms with Crippen LogP contribution in [0.1, 0.15) is 45.0 Å². The summed E-state index contributed by atoms with van der Waals surface area (Å²) in [4.78, 5) is 6.65. The van der Waals surface area contributed by atoms with Crippen LogP contribution in [0.15, 0.2) is 4.52 Å². The Hall–Kier alpha value is -0.690. The Kier molecular flexibility index (Phi) is 7.06. The molecule has 0 aromatic carbocycles. The highest BCUT2D eigenvalue weighted by Gasteiger charge is 2.30. The van der Waals surface area contributed by atoms with Crippen molar-refractivity contribution in [3.63, 3.8) is 0 Å². The van der Waals surface area contributed by atoms with E-state index in [-0.39, 0.29) is 18.5 Å². The first-order valence-electron chi connectivity index (χ1n) is 7.36. The highest BCUT2D eigenvalue weighted by molar-refractivity contribution is 5.85. The molecular formula is C14H27ClN4O2. The first kappa shape index (κ1) is 18.4. The third kappa shape index (κ3) is 5.21. The minimum absolute atomic E-state index is 0. The van der Waals surface area contributed by atoms with E-state index in [2.05, 4.69) is 34.3 Å². The summed E-state index contributed by atoms with van der Waals surface area (Å²) in [6.07, 6.45) is 1.10. The maximum Gasteiger partial charge on any atom is 0.240 e. The molecule has 0 spiro atoms. The maximum absolute atomic E-state index is 5.46. The SMILES string of the molecule is CCOC(C)c1noc(CN(C)CC2(C)CCNC2)n1.Cl. The van der Waals surface area contributed by atoms with Crippen LogP contribution in [0.3, 0.4) is 0 Å². The molecule has 21 heavy (non-hydrogen) atoms. The highest BCUT2D eigenvalue weighted by atomic mass is 35.5. The molecule has 2 unspecified atom stereocenters. The molecule has 1 N–H and O–H groups in total. The van der Waals surface area contributed by atoms with Crippen LogP contribution in [0.25, 0.3) is 0 Å². The van der Waals surface area contributed by atoms with Gasteiger partial charge < -0.3 is 14.6 Å². The first-order valence-corrected chi connectivity index (χ1v) is 7.36. The van der Waals surface area contributed by atoms with Crippen molar-refractivity contribution in [1.29, 1.82) is 0 Å². The van der Waals surface area contributed by atoms with Crippen LogP contribution in [0.4, 0.5) is 0 Å². The molecule has 2 atom stereocenters. The van der Waals surface area contributed by atoms with Gasteiger partial charge in [0.15, 0.2) is 5.82 Å². The molecule has 0 saturated carbocycles. The summed E-state index contributed by atoms with van der Waals surface area (Å²) in [7, 11) is 2.10. The molecule has 1 aliphatic heterocycles. The minimum Gasteiger partial charge on any atom is -0.371 e. The molecule has 1 saturated heterocycles. The Morgan fingerprint density at radius 1 is 1.52 bits per heavy atom. The molecule has 6 nitrogen and oxygen atoms in total. The maximum atomic E-state index is 5.46. The number of hydrogen-bond donors (Lipinski definition) is 1. The summed E-state index contributed by atoms with van der Waals surface area (Å²) < 4.78 is 10.8. The van der Waals surface area contributed by atoms with E-state index in [0.717, 1.165) is 19.6 Å². The van der Waals surface area contributed by atoms with Crippen LogP contribution in [0, 0.1) is 5.41 Å². The lowest BCUT2D eigenvalue weighted by Crippen LogP contribution is -2.34. The number of nitrogens with one attached hydrogen (secondary N) is 1. The van der Waals surface area contributed by atoms with Crippen molar-refractivity contribution >= 4 is 12.4 Å². The molecule has 0 bridgehead atoms. The molecule has 0 aliphatic carbocycles. The van der Waals surface area contributed by atoms with Gasteiger partial charge in [-0.1, -0.05) is 12.1 Å². The van der Waals surface area contributed by atoms with Gasteiger partial charge in [0.1, 0.15) is 6.10 Å². The summed E-state index contributed by atoms with van der Waals surface area (Å²) in [5.41, 5.74) is 0.343.